The molecule has 6 heteroatoms. The molecular formula is C18H22FN3OS. The number of nitrogens with zero attached hydrogens (tertiary/aromatic N) is 1. The molecular weight excluding hydrogens is 325 g/mol. The topological polar surface area (TPSA) is 36.5 Å². The molecule has 2 aromatic rings. The van der Waals surface area contributed by atoms with Crippen LogP contribution in [0.4, 0.5) is 10.1 Å². The van der Waals surface area contributed by atoms with E-state index in [1.807, 2.05) is 38.4 Å². The first-order chi connectivity index (χ1) is 11.5. The molecule has 0 aliphatic heterocycles. The van der Waals surface area contributed by atoms with E-state index in [1.54, 1.807) is 19.2 Å². The van der Waals surface area contributed by atoms with Crippen LogP contribution in [0.2, 0.25) is 0 Å². The van der Waals surface area contributed by atoms with Crippen molar-refractivity contribution in [1.82, 2.24) is 10.2 Å². The number of halogens is 1. The van der Waals surface area contributed by atoms with Crippen molar-refractivity contribution in [3.8, 4) is 5.75 Å². The number of nitrogens with one attached hydrogen (secondary N) is 2. The minimum absolute atomic E-state index is 0.156. The third kappa shape index (κ3) is 5.18. The van der Waals surface area contributed by atoms with Gasteiger partial charge in [0.1, 0.15) is 11.6 Å². The van der Waals surface area contributed by atoms with Crippen LogP contribution in [0.15, 0.2) is 48.5 Å². The quantitative estimate of drug-likeness (QED) is 0.783. The maximum absolute atomic E-state index is 12.9. The summed E-state index contributed by atoms with van der Waals surface area (Å²) < 4.78 is 18.1. The highest BCUT2D eigenvalue weighted by Gasteiger charge is 2.14. The number of hydrogen-bond acceptors (Lipinski definition) is 3. The van der Waals surface area contributed by atoms with Crippen molar-refractivity contribution < 1.29 is 9.13 Å². The van der Waals surface area contributed by atoms with Crippen LogP contribution in [0.1, 0.15) is 11.6 Å². The van der Waals surface area contributed by atoms with E-state index in [0.29, 0.717) is 11.7 Å². The second kappa shape index (κ2) is 8.61. The van der Waals surface area contributed by atoms with Gasteiger partial charge in [0.05, 0.1) is 13.2 Å². The van der Waals surface area contributed by atoms with Crippen molar-refractivity contribution >= 4 is 23.0 Å². The molecule has 0 heterocycles. The molecule has 0 spiro atoms. The molecule has 2 rings (SSSR count). The molecule has 0 saturated carbocycles. The molecule has 0 aromatic heterocycles. The Bertz CT molecular complexity index is 659. The van der Waals surface area contributed by atoms with Crippen LogP contribution in [0.5, 0.6) is 5.75 Å². The van der Waals surface area contributed by atoms with Crippen LogP contribution in [0.25, 0.3) is 0 Å². The van der Waals surface area contributed by atoms with Gasteiger partial charge in [0.25, 0.3) is 0 Å². The number of anilines is 1. The summed E-state index contributed by atoms with van der Waals surface area (Å²) in [5.41, 5.74) is 1.91. The Balaban J connectivity index is 1.95. The van der Waals surface area contributed by atoms with Gasteiger partial charge in [-0.1, -0.05) is 12.1 Å². The van der Waals surface area contributed by atoms with E-state index >= 15 is 0 Å². The number of hydrogen-bond donors (Lipinski definition) is 2. The Labute approximate surface area is 147 Å². The molecule has 0 aliphatic carbocycles. The van der Waals surface area contributed by atoms with Gasteiger partial charge in [-0.2, -0.15) is 0 Å². The van der Waals surface area contributed by atoms with E-state index in [4.69, 9.17) is 17.0 Å². The molecule has 0 saturated heterocycles. The van der Waals surface area contributed by atoms with Gasteiger partial charge in [-0.25, -0.2) is 4.39 Å². The third-order valence-electron chi connectivity index (χ3n) is 3.68. The first kappa shape index (κ1) is 18.2. The summed E-state index contributed by atoms with van der Waals surface area (Å²) in [6, 6.07) is 14.2. The summed E-state index contributed by atoms with van der Waals surface area (Å²) in [7, 11) is 5.69. The molecule has 0 bridgehead atoms. The van der Waals surface area contributed by atoms with E-state index in [0.717, 1.165) is 17.0 Å². The van der Waals surface area contributed by atoms with Crippen LogP contribution >= 0.6 is 12.2 Å². The molecule has 0 unspecified atom stereocenters. The summed E-state index contributed by atoms with van der Waals surface area (Å²) in [6.07, 6.45) is 0. The lowest BCUT2D eigenvalue weighted by Gasteiger charge is -2.26. The molecule has 0 radical (unpaired) electrons. The molecule has 0 fully saturated rings. The maximum Gasteiger partial charge on any atom is 0.170 e. The van der Waals surface area contributed by atoms with Gasteiger partial charge in [-0.15, -0.1) is 0 Å². The first-order valence-electron chi connectivity index (χ1n) is 7.60. The summed E-state index contributed by atoms with van der Waals surface area (Å²) >= 11 is 5.31. The van der Waals surface area contributed by atoms with Crippen LogP contribution in [-0.2, 0) is 0 Å². The number of rotatable bonds is 6. The van der Waals surface area contributed by atoms with Crippen molar-refractivity contribution in [2.24, 2.45) is 0 Å². The lowest BCUT2D eigenvalue weighted by Crippen LogP contribution is -2.36. The van der Waals surface area contributed by atoms with Gasteiger partial charge < -0.3 is 20.3 Å². The number of thiocarbonyl (C=S) groups is 1. The Kier molecular flexibility index (Phi) is 6.52. The van der Waals surface area contributed by atoms with E-state index in [1.165, 1.54) is 12.1 Å². The Hall–Kier alpha value is -2.18. The first-order valence-corrected chi connectivity index (χ1v) is 8.01. The van der Waals surface area contributed by atoms with Crippen LogP contribution in [-0.4, -0.2) is 37.8 Å². The monoisotopic (exact) mass is 347 g/mol. The van der Waals surface area contributed by atoms with Crippen molar-refractivity contribution in [3.05, 3.63) is 59.9 Å². The zero-order valence-electron chi connectivity index (χ0n) is 14.0. The van der Waals surface area contributed by atoms with Crippen LogP contribution in [0.3, 0.4) is 0 Å². The summed E-state index contributed by atoms with van der Waals surface area (Å²) in [5, 5.41) is 6.76. The van der Waals surface area contributed by atoms with E-state index in [-0.39, 0.29) is 11.9 Å². The Morgan fingerprint density at radius 1 is 1.12 bits per heavy atom. The molecule has 0 aliphatic rings. The fourth-order valence-corrected chi connectivity index (χ4v) is 2.52. The molecule has 2 N–H and O–H groups in total. The van der Waals surface area contributed by atoms with Crippen molar-refractivity contribution in [2.45, 2.75) is 6.04 Å². The highest BCUT2D eigenvalue weighted by atomic mass is 32.1. The van der Waals surface area contributed by atoms with Crippen LogP contribution < -0.4 is 15.4 Å². The average Bonchev–Trinajstić information content (AvgIpc) is 2.57. The maximum atomic E-state index is 12.9. The Morgan fingerprint density at radius 2 is 1.75 bits per heavy atom. The SMILES string of the molecule is COc1ccc([C@H](CNC(=S)Nc2ccc(F)cc2)N(C)C)cc1. The number of ether oxygens (including phenoxy) is 1. The minimum atomic E-state index is -0.272. The van der Waals surface area contributed by atoms with Gasteiger partial charge in [-0.05, 0) is 68.3 Å². The van der Waals surface area contributed by atoms with Crippen molar-refractivity contribution in [3.63, 3.8) is 0 Å². The van der Waals surface area contributed by atoms with Crippen LogP contribution in [0, 0.1) is 5.82 Å². The summed E-state index contributed by atoms with van der Waals surface area (Å²) in [6.45, 7) is 0.645. The summed E-state index contributed by atoms with van der Waals surface area (Å²) in [5.74, 6) is 0.560. The summed E-state index contributed by atoms with van der Waals surface area (Å²) in [4.78, 5) is 2.12. The standard InChI is InChI=1S/C18H22FN3OS/c1-22(2)17(13-4-10-16(23-3)11-5-13)12-20-18(24)21-15-8-6-14(19)7-9-15/h4-11,17H,12H2,1-3H3,(H2,20,21,24)/t17-/m0/s1. The lowest BCUT2D eigenvalue weighted by atomic mass is 10.1. The van der Waals surface area contributed by atoms with E-state index in [9.17, 15) is 4.39 Å². The minimum Gasteiger partial charge on any atom is -0.497 e. The molecule has 0 amide bonds. The molecule has 128 valence electrons. The van der Waals surface area contributed by atoms with E-state index < -0.39 is 0 Å². The van der Waals surface area contributed by atoms with Gasteiger partial charge in [0.15, 0.2) is 5.11 Å². The third-order valence-corrected chi connectivity index (χ3v) is 3.93. The van der Waals surface area contributed by atoms with Gasteiger partial charge >= 0.3 is 0 Å². The van der Waals surface area contributed by atoms with Gasteiger partial charge in [-0.3, -0.25) is 0 Å². The van der Waals surface area contributed by atoms with E-state index in [2.05, 4.69) is 15.5 Å². The second-order valence-corrected chi connectivity index (χ2v) is 6.00. The highest BCUT2D eigenvalue weighted by molar-refractivity contribution is 7.80. The zero-order chi connectivity index (χ0) is 17.5. The number of benzene rings is 2. The molecule has 24 heavy (non-hydrogen) atoms. The highest BCUT2D eigenvalue weighted by Crippen LogP contribution is 2.20. The Morgan fingerprint density at radius 3 is 2.29 bits per heavy atom. The number of methoxy groups -OCH3 is 1. The lowest BCUT2D eigenvalue weighted by molar-refractivity contribution is 0.299. The largest absolute Gasteiger partial charge is 0.497 e. The normalized spacial score (nSPS) is 11.9. The predicted molar refractivity (Wildman–Crippen MR) is 100 cm³/mol. The zero-order valence-corrected chi connectivity index (χ0v) is 14.9. The van der Waals surface area contributed by atoms with Gasteiger partial charge in [0, 0.05) is 12.2 Å². The average molecular weight is 347 g/mol. The van der Waals surface area contributed by atoms with Crippen molar-refractivity contribution in [1.29, 1.82) is 0 Å². The second-order valence-electron chi connectivity index (χ2n) is 5.59. The fourth-order valence-electron chi connectivity index (χ4n) is 2.32. The smallest absolute Gasteiger partial charge is 0.170 e. The van der Waals surface area contributed by atoms with Gasteiger partial charge in [0.2, 0.25) is 0 Å². The number of likely N-dealkylation sites (N-methyl/N-ethyl adjacent to an activating group) is 1. The molecule has 2 aromatic carbocycles. The predicted octanol–water partition coefficient (Wildman–Crippen LogP) is 3.42. The molecule has 4 nitrogen and oxygen atoms in total. The molecule has 1 atom stereocenters. The van der Waals surface area contributed by atoms with Crippen molar-refractivity contribution in [2.75, 3.05) is 33.1 Å². The fraction of sp³-hybridized carbons (Fsp3) is 0.278.